The molecule has 3 unspecified atom stereocenters. The molecule has 0 N–H and O–H groups in total. The van der Waals surface area contributed by atoms with Crippen molar-refractivity contribution in [2.75, 3.05) is 7.05 Å². The fourth-order valence-corrected chi connectivity index (χ4v) is 3.29. The molecule has 1 fully saturated rings. The molecular formula is C13H24BNS. The topological polar surface area (TPSA) is 3.24 Å². The van der Waals surface area contributed by atoms with E-state index in [9.17, 15) is 0 Å². The molecule has 0 amide bonds. The third-order valence-corrected chi connectivity index (χ3v) is 4.74. The predicted molar refractivity (Wildman–Crippen MR) is 76.2 cm³/mol. The van der Waals surface area contributed by atoms with E-state index in [1.54, 1.807) is 0 Å². The van der Waals surface area contributed by atoms with Gasteiger partial charge in [0.25, 0.3) is 0 Å². The van der Waals surface area contributed by atoms with Crippen molar-refractivity contribution >= 4 is 25.1 Å². The molecule has 1 aliphatic rings. The highest BCUT2D eigenvalue weighted by Crippen LogP contribution is 2.47. The zero-order valence-corrected chi connectivity index (χ0v) is 11.9. The minimum Gasteiger partial charge on any atom is -0.366 e. The van der Waals surface area contributed by atoms with Crippen molar-refractivity contribution in [3.63, 3.8) is 0 Å². The standard InChI is InChI=1S/C13H24BNS/c1-5-10-11(15(4)12(16)6-2)8-7-9-13(10,3)14/h10-11H,5-9H2,1-4H3. The average Bonchev–Trinajstić information content (AvgIpc) is 2.25. The minimum atomic E-state index is -0.0186. The monoisotopic (exact) mass is 237 g/mol. The fourth-order valence-electron chi connectivity index (χ4n) is 3.15. The maximum Gasteiger partial charge on any atom is 0.0776 e. The van der Waals surface area contributed by atoms with Crippen molar-refractivity contribution in [2.24, 2.45) is 5.92 Å². The van der Waals surface area contributed by atoms with Crippen molar-refractivity contribution in [1.29, 1.82) is 0 Å². The van der Waals surface area contributed by atoms with Gasteiger partial charge in [0.1, 0.15) is 0 Å². The molecule has 0 saturated heterocycles. The Bertz CT molecular complexity index is 252. The normalized spacial score (nSPS) is 34.8. The summed E-state index contributed by atoms with van der Waals surface area (Å²) in [4.78, 5) is 3.37. The first-order valence-electron chi connectivity index (χ1n) is 6.48. The summed E-state index contributed by atoms with van der Waals surface area (Å²) in [5.41, 5.74) is 0. The van der Waals surface area contributed by atoms with Gasteiger partial charge in [-0.1, -0.05) is 57.6 Å². The van der Waals surface area contributed by atoms with Crippen LogP contribution in [0.4, 0.5) is 0 Å². The lowest BCUT2D eigenvalue weighted by Gasteiger charge is -2.48. The van der Waals surface area contributed by atoms with Gasteiger partial charge >= 0.3 is 0 Å². The van der Waals surface area contributed by atoms with Crippen LogP contribution >= 0.6 is 12.2 Å². The lowest BCUT2D eigenvalue weighted by atomic mass is 9.53. The Morgan fingerprint density at radius 1 is 1.50 bits per heavy atom. The molecule has 0 aromatic carbocycles. The second-order valence-electron chi connectivity index (χ2n) is 5.34. The summed E-state index contributed by atoms with van der Waals surface area (Å²) in [5, 5.41) is -0.0186. The number of thiocarbonyl (C=S) groups is 1. The summed E-state index contributed by atoms with van der Waals surface area (Å²) >= 11 is 5.42. The third-order valence-electron chi connectivity index (χ3n) is 4.16. The highest BCUT2D eigenvalue weighted by Gasteiger charge is 2.39. The SMILES string of the molecule is [B]C1(C)CCCC(N(C)C(=S)CC)C1CC. The highest BCUT2D eigenvalue weighted by atomic mass is 32.1. The van der Waals surface area contributed by atoms with Gasteiger partial charge in [0.15, 0.2) is 0 Å². The predicted octanol–water partition coefficient (Wildman–Crippen LogP) is 3.58. The molecule has 0 aromatic rings. The second kappa shape index (κ2) is 5.53. The van der Waals surface area contributed by atoms with E-state index in [1.165, 1.54) is 12.8 Å². The van der Waals surface area contributed by atoms with Gasteiger partial charge in [-0.25, -0.2) is 0 Å². The number of nitrogens with zero attached hydrogens (tertiary/aromatic N) is 1. The van der Waals surface area contributed by atoms with Crippen LogP contribution < -0.4 is 0 Å². The van der Waals surface area contributed by atoms with Crippen LogP contribution in [0.2, 0.25) is 5.31 Å². The van der Waals surface area contributed by atoms with Gasteiger partial charge < -0.3 is 4.90 Å². The highest BCUT2D eigenvalue weighted by molar-refractivity contribution is 7.80. The van der Waals surface area contributed by atoms with Gasteiger partial charge in [-0.05, 0) is 18.8 Å². The first-order valence-corrected chi connectivity index (χ1v) is 6.89. The van der Waals surface area contributed by atoms with Crippen molar-refractivity contribution in [2.45, 2.75) is 64.2 Å². The molecule has 0 aliphatic heterocycles. The van der Waals surface area contributed by atoms with Gasteiger partial charge in [0.2, 0.25) is 0 Å². The molecule has 90 valence electrons. The summed E-state index contributed by atoms with van der Waals surface area (Å²) in [6.45, 7) is 6.58. The van der Waals surface area contributed by atoms with Gasteiger partial charge in [-0.3, -0.25) is 0 Å². The van der Waals surface area contributed by atoms with Crippen molar-refractivity contribution in [3.05, 3.63) is 0 Å². The smallest absolute Gasteiger partial charge is 0.0776 e. The van der Waals surface area contributed by atoms with E-state index >= 15 is 0 Å². The maximum absolute atomic E-state index is 6.43. The van der Waals surface area contributed by atoms with Crippen LogP contribution in [0, 0.1) is 5.92 Å². The zero-order chi connectivity index (χ0) is 12.3. The quantitative estimate of drug-likeness (QED) is 0.545. The van der Waals surface area contributed by atoms with Crippen LogP contribution in [-0.4, -0.2) is 30.8 Å². The van der Waals surface area contributed by atoms with Gasteiger partial charge in [0, 0.05) is 13.1 Å². The number of hydrogen-bond acceptors (Lipinski definition) is 1. The first kappa shape index (κ1) is 14.0. The summed E-state index contributed by atoms with van der Waals surface area (Å²) in [6.07, 6.45) is 5.72. The lowest BCUT2D eigenvalue weighted by Crippen LogP contribution is -2.47. The average molecular weight is 237 g/mol. The van der Waals surface area contributed by atoms with E-state index < -0.39 is 0 Å². The van der Waals surface area contributed by atoms with Crippen LogP contribution in [0.25, 0.3) is 0 Å². The molecule has 0 heterocycles. The Hall–Kier alpha value is -0.0451. The van der Waals surface area contributed by atoms with Gasteiger partial charge in [-0.2, -0.15) is 0 Å². The number of hydrogen-bond donors (Lipinski definition) is 0. The second-order valence-corrected chi connectivity index (χ2v) is 5.81. The van der Waals surface area contributed by atoms with Crippen molar-refractivity contribution in [3.8, 4) is 0 Å². The molecule has 1 nitrogen and oxygen atoms in total. The Balaban J connectivity index is 2.81. The molecule has 1 rings (SSSR count). The van der Waals surface area contributed by atoms with E-state index in [0.717, 1.165) is 24.3 Å². The molecule has 1 saturated carbocycles. The summed E-state index contributed by atoms with van der Waals surface area (Å²) in [6, 6.07) is 0.543. The van der Waals surface area contributed by atoms with E-state index in [2.05, 4.69) is 32.7 Å². The summed E-state index contributed by atoms with van der Waals surface area (Å²) in [5.74, 6) is 0.566. The zero-order valence-electron chi connectivity index (χ0n) is 11.1. The van der Waals surface area contributed by atoms with E-state index in [0.29, 0.717) is 12.0 Å². The maximum atomic E-state index is 6.43. The Labute approximate surface area is 107 Å². The van der Waals surface area contributed by atoms with Crippen LogP contribution in [-0.2, 0) is 0 Å². The van der Waals surface area contributed by atoms with Crippen LogP contribution in [0.3, 0.4) is 0 Å². The fraction of sp³-hybridized carbons (Fsp3) is 0.923. The van der Waals surface area contributed by atoms with Gasteiger partial charge in [-0.15, -0.1) is 0 Å². The molecular weight excluding hydrogens is 213 g/mol. The van der Waals surface area contributed by atoms with E-state index in [1.807, 2.05) is 0 Å². The summed E-state index contributed by atoms with van der Waals surface area (Å²) < 4.78 is 0. The van der Waals surface area contributed by atoms with Crippen LogP contribution in [0.15, 0.2) is 0 Å². The lowest BCUT2D eigenvalue weighted by molar-refractivity contribution is 0.145. The minimum absolute atomic E-state index is 0.0186. The number of rotatable bonds is 3. The van der Waals surface area contributed by atoms with Crippen LogP contribution in [0.5, 0.6) is 0 Å². The third kappa shape index (κ3) is 2.79. The Morgan fingerprint density at radius 3 is 2.62 bits per heavy atom. The molecule has 3 atom stereocenters. The molecule has 3 heteroatoms. The van der Waals surface area contributed by atoms with Crippen molar-refractivity contribution < 1.29 is 0 Å². The Morgan fingerprint density at radius 2 is 2.12 bits per heavy atom. The molecule has 2 radical (unpaired) electrons. The largest absolute Gasteiger partial charge is 0.366 e. The van der Waals surface area contributed by atoms with Gasteiger partial charge in [0.05, 0.1) is 12.8 Å². The molecule has 0 aromatic heterocycles. The van der Waals surface area contributed by atoms with Crippen molar-refractivity contribution in [1.82, 2.24) is 4.90 Å². The van der Waals surface area contributed by atoms with Crippen LogP contribution in [0.1, 0.15) is 52.9 Å². The Kier molecular flexibility index (Phi) is 4.84. The van der Waals surface area contributed by atoms with E-state index in [-0.39, 0.29) is 5.31 Å². The molecule has 1 aliphatic carbocycles. The molecule has 16 heavy (non-hydrogen) atoms. The summed E-state index contributed by atoms with van der Waals surface area (Å²) in [7, 11) is 8.57. The van der Waals surface area contributed by atoms with E-state index in [4.69, 9.17) is 20.1 Å². The molecule has 0 spiro atoms. The molecule has 0 bridgehead atoms. The first-order chi connectivity index (χ1) is 7.44.